The second-order valence-electron chi connectivity index (χ2n) is 15.6. The van der Waals surface area contributed by atoms with E-state index in [1.807, 2.05) is 42.2 Å². The normalized spacial score (nSPS) is 17.0. The second kappa shape index (κ2) is 18.9. The first-order valence-electron chi connectivity index (χ1n) is 20.4. The Morgan fingerprint density at radius 1 is 0.949 bits per heavy atom. The van der Waals surface area contributed by atoms with Gasteiger partial charge in [-0.15, -0.1) is 0 Å². The highest BCUT2D eigenvalue weighted by Gasteiger charge is 2.30. The highest BCUT2D eigenvalue weighted by Crippen LogP contribution is 2.37. The number of nitrogen functional groups attached to an aromatic ring is 1. The van der Waals surface area contributed by atoms with Crippen LogP contribution in [0.5, 0.6) is 11.5 Å². The molecule has 0 saturated carbocycles. The molecule has 0 bridgehead atoms. The maximum atomic E-state index is 14.1. The summed E-state index contributed by atoms with van der Waals surface area (Å²) in [4.78, 5) is 44.2. The van der Waals surface area contributed by atoms with E-state index >= 15 is 0 Å². The summed E-state index contributed by atoms with van der Waals surface area (Å²) in [6.07, 6.45) is 14.1. The third-order valence-electron chi connectivity index (χ3n) is 11.4. The van der Waals surface area contributed by atoms with E-state index in [1.54, 1.807) is 25.3 Å². The molecule has 2 aliphatic rings. The molecular formula is C44H50Cl2FN7O5. The summed E-state index contributed by atoms with van der Waals surface area (Å²) in [7, 11) is 0. The summed E-state index contributed by atoms with van der Waals surface area (Å²) in [5, 5.41) is 8.15. The number of pyridine rings is 2. The zero-order chi connectivity index (χ0) is 41.6. The molecule has 7 rings (SSSR count). The number of nitrogens with two attached hydrogens (primary N) is 1. The van der Waals surface area contributed by atoms with Crippen LogP contribution in [0.25, 0.3) is 22.0 Å². The molecule has 5 aromatic rings. The van der Waals surface area contributed by atoms with Gasteiger partial charge in [-0.3, -0.25) is 28.9 Å². The van der Waals surface area contributed by atoms with E-state index in [4.69, 9.17) is 43.5 Å². The van der Waals surface area contributed by atoms with E-state index in [0.717, 1.165) is 73.8 Å². The number of unbranched alkanes of at least 4 members (excludes halogenated alkanes) is 5. The summed E-state index contributed by atoms with van der Waals surface area (Å²) in [5.74, 6) is -0.128. The number of aryl methyl sites for hydroxylation is 1. The van der Waals surface area contributed by atoms with Crippen LogP contribution in [0.4, 0.5) is 10.2 Å². The standard InChI is InChI=1S/C44H50Cl2FN7O5/c1-27-21-40(56)54(36-13-14-39(55)51-44(36)57)37-23-32(9-10-33(27)37)58-20-8-6-4-3-5-7-17-52-18-15-31(16-19-52)53-26-30(25-50-53)29-22-38(43(48)49-24-29)59-28(2)41-34(45)11-12-35(47)42(41)46/h9-12,21-26,28,31,36H,3-8,13-20H2,1-2H3,(H2,48,49)(H,51,55,57)/t28-,36?/m1/s1. The van der Waals surface area contributed by atoms with E-state index in [9.17, 15) is 18.8 Å². The molecule has 312 valence electrons. The van der Waals surface area contributed by atoms with Crippen molar-refractivity contribution in [3.8, 4) is 22.6 Å². The Hall–Kier alpha value is -4.98. The number of hydrogen-bond acceptors (Lipinski definition) is 9. The molecule has 2 aromatic carbocycles. The first kappa shape index (κ1) is 42.2. The summed E-state index contributed by atoms with van der Waals surface area (Å²) in [6.45, 7) is 7.33. The molecular weight excluding hydrogens is 796 g/mol. The van der Waals surface area contributed by atoms with E-state index in [1.165, 1.54) is 36.0 Å². The molecule has 5 heterocycles. The quantitative estimate of drug-likeness (QED) is 0.0565. The van der Waals surface area contributed by atoms with Gasteiger partial charge in [-0.2, -0.15) is 5.10 Å². The molecule has 0 radical (unpaired) electrons. The number of carbonyl (C=O) groups is 2. The molecule has 3 aromatic heterocycles. The van der Waals surface area contributed by atoms with Crippen molar-refractivity contribution in [2.75, 3.05) is 32.0 Å². The van der Waals surface area contributed by atoms with Crippen LogP contribution in [0.3, 0.4) is 0 Å². The average molecular weight is 847 g/mol. The molecule has 0 spiro atoms. The highest BCUT2D eigenvalue weighted by molar-refractivity contribution is 6.36. The molecule has 2 saturated heterocycles. The van der Waals surface area contributed by atoms with Crippen LogP contribution in [0, 0.1) is 12.7 Å². The topological polar surface area (TPSA) is 147 Å². The van der Waals surface area contributed by atoms with Gasteiger partial charge in [0.15, 0.2) is 11.6 Å². The Labute approximate surface area is 352 Å². The van der Waals surface area contributed by atoms with Crippen molar-refractivity contribution in [3.05, 3.63) is 98.4 Å². The zero-order valence-corrected chi connectivity index (χ0v) is 34.9. The summed E-state index contributed by atoms with van der Waals surface area (Å²) in [5.41, 5.74) is 9.40. The van der Waals surface area contributed by atoms with Gasteiger partial charge < -0.3 is 20.1 Å². The monoisotopic (exact) mass is 845 g/mol. The Bertz CT molecular complexity index is 2380. The number of carbonyl (C=O) groups excluding carboxylic acids is 2. The van der Waals surface area contributed by atoms with Gasteiger partial charge in [0.1, 0.15) is 23.7 Å². The number of halogens is 3. The average Bonchev–Trinajstić information content (AvgIpc) is 3.71. The molecule has 2 fully saturated rings. The van der Waals surface area contributed by atoms with Gasteiger partial charge in [0, 0.05) is 71.1 Å². The number of imide groups is 1. The maximum Gasteiger partial charge on any atom is 0.252 e. The molecule has 2 amide bonds. The minimum atomic E-state index is -0.729. The van der Waals surface area contributed by atoms with Gasteiger partial charge in [-0.1, -0.05) is 48.9 Å². The van der Waals surface area contributed by atoms with Gasteiger partial charge in [-0.05, 0) is 88.4 Å². The first-order valence-corrected chi connectivity index (χ1v) is 21.2. The fourth-order valence-corrected chi connectivity index (χ4v) is 8.81. The number of aromatic nitrogens is 4. The predicted octanol–water partition coefficient (Wildman–Crippen LogP) is 8.77. The lowest BCUT2D eigenvalue weighted by Gasteiger charge is -2.32. The molecule has 2 atom stereocenters. The Kier molecular flexibility index (Phi) is 13.5. The van der Waals surface area contributed by atoms with Crippen molar-refractivity contribution < 1.29 is 23.5 Å². The van der Waals surface area contributed by atoms with E-state index < -0.39 is 23.9 Å². The molecule has 1 unspecified atom stereocenters. The van der Waals surface area contributed by atoms with Gasteiger partial charge >= 0.3 is 0 Å². The van der Waals surface area contributed by atoms with Crippen LogP contribution >= 0.6 is 23.2 Å². The van der Waals surface area contributed by atoms with Crippen LogP contribution in [-0.4, -0.2) is 62.3 Å². The Morgan fingerprint density at radius 2 is 1.71 bits per heavy atom. The molecule has 3 N–H and O–H groups in total. The Morgan fingerprint density at radius 3 is 2.49 bits per heavy atom. The summed E-state index contributed by atoms with van der Waals surface area (Å²) in [6, 6.07) is 11.3. The number of nitrogens with zero attached hydrogens (tertiary/aromatic N) is 5. The van der Waals surface area contributed by atoms with Crippen molar-refractivity contribution in [2.24, 2.45) is 0 Å². The van der Waals surface area contributed by atoms with Crippen molar-refractivity contribution in [3.63, 3.8) is 0 Å². The number of piperidine rings is 2. The van der Waals surface area contributed by atoms with Gasteiger partial charge in [0.2, 0.25) is 11.8 Å². The molecule has 59 heavy (non-hydrogen) atoms. The predicted molar refractivity (Wildman–Crippen MR) is 228 cm³/mol. The van der Waals surface area contributed by atoms with Crippen molar-refractivity contribution >= 4 is 51.7 Å². The van der Waals surface area contributed by atoms with Crippen LogP contribution in [0.1, 0.15) is 100 Å². The summed E-state index contributed by atoms with van der Waals surface area (Å²) < 4.78 is 29.9. The number of fused-ring (bicyclic) bond motifs is 1. The third kappa shape index (κ3) is 9.91. The highest BCUT2D eigenvalue weighted by atomic mass is 35.5. The lowest BCUT2D eigenvalue weighted by molar-refractivity contribution is -0.135. The van der Waals surface area contributed by atoms with Crippen LogP contribution < -0.4 is 26.1 Å². The number of rotatable bonds is 16. The van der Waals surface area contributed by atoms with Gasteiger partial charge in [0.25, 0.3) is 5.56 Å². The van der Waals surface area contributed by atoms with Crippen LogP contribution in [0.15, 0.2) is 65.8 Å². The molecule has 12 nitrogen and oxygen atoms in total. The number of ether oxygens (including phenoxy) is 2. The minimum absolute atomic E-state index is 0.0858. The van der Waals surface area contributed by atoms with Crippen molar-refractivity contribution in [1.29, 1.82) is 0 Å². The first-order chi connectivity index (χ1) is 28.5. The van der Waals surface area contributed by atoms with Crippen LogP contribution in [-0.2, 0) is 9.59 Å². The van der Waals surface area contributed by atoms with Crippen LogP contribution in [0.2, 0.25) is 10.0 Å². The fourth-order valence-electron chi connectivity index (χ4n) is 8.14. The number of likely N-dealkylation sites (tertiary alicyclic amines) is 1. The van der Waals surface area contributed by atoms with Gasteiger partial charge in [0.05, 0.1) is 29.4 Å². The zero-order valence-electron chi connectivity index (χ0n) is 33.4. The number of amides is 2. The van der Waals surface area contributed by atoms with E-state index in [0.29, 0.717) is 46.7 Å². The molecule has 15 heteroatoms. The van der Waals surface area contributed by atoms with Gasteiger partial charge in [-0.25, -0.2) is 9.37 Å². The lowest BCUT2D eigenvalue weighted by Crippen LogP contribution is -2.44. The Balaban J connectivity index is 0.806. The maximum absolute atomic E-state index is 14.1. The second-order valence-corrected chi connectivity index (χ2v) is 16.3. The number of nitrogens with one attached hydrogen (secondary N) is 1. The van der Waals surface area contributed by atoms with Crippen molar-refractivity contribution in [1.82, 2.24) is 29.5 Å². The number of hydrogen-bond donors (Lipinski definition) is 2. The smallest absolute Gasteiger partial charge is 0.252 e. The largest absolute Gasteiger partial charge is 0.494 e. The SMILES string of the molecule is Cc1cc(=O)n(C2CCC(=O)NC2=O)c2cc(OCCCCCCCCN3CCC(n4cc(-c5cnc(N)c(O[C@H](C)c6c(Cl)ccc(F)c6Cl)c5)cn4)CC3)ccc12. The van der Waals surface area contributed by atoms with E-state index in [2.05, 4.69) is 15.2 Å². The number of benzene rings is 2. The van der Waals surface area contributed by atoms with E-state index in [-0.39, 0.29) is 28.7 Å². The molecule has 2 aliphatic heterocycles. The lowest BCUT2D eigenvalue weighted by atomic mass is 10.0. The third-order valence-corrected chi connectivity index (χ3v) is 12.1. The van der Waals surface area contributed by atoms with Crippen molar-refractivity contribution in [2.45, 2.75) is 96.2 Å². The number of anilines is 1. The fraction of sp³-hybridized carbons (Fsp3) is 0.432. The molecule has 0 aliphatic carbocycles. The summed E-state index contributed by atoms with van der Waals surface area (Å²) >= 11 is 12.5. The minimum Gasteiger partial charge on any atom is -0.494 e.